The van der Waals surface area contributed by atoms with Gasteiger partial charge in [0.05, 0.1) is 11.9 Å². The van der Waals surface area contributed by atoms with Crippen LogP contribution < -0.4 is 5.32 Å². The highest BCUT2D eigenvalue weighted by Gasteiger charge is 2.18. The third-order valence-corrected chi connectivity index (χ3v) is 3.74. The van der Waals surface area contributed by atoms with Crippen molar-refractivity contribution in [3.05, 3.63) is 42.0 Å². The number of aromatic nitrogens is 3. The summed E-state index contributed by atoms with van der Waals surface area (Å²) in [7, 11) is 0. The van der Waals surface area contributed by atoms with Crippen molar-refractivity contribution in [2.75, 3.05) is 0 Å². The number of carbonyl (C=O) groups excluding carboxylic acids is 1. The van der Waals surface area contributed by atoms with Crippen molar-refractivity contribution in [1.29, 1.82) is 0 Å². The van der Waals surface area contributed by atoms with Gasteiger partial charge < -0.3 is 5.32 Å². The number of halogens is 1. The second kappa shape index (κ2) is 6.03. The quantitative estimate of drug-likeness (QED) is 0.944. The molecule has 0 radical (unpaired) electrons. The standard InChI is InChI=1S/C15H17FN4O/c16-11-5-4-8-13(9-11)20-10-14(18-19-20)15(21)17-12-6-2-1-3-7-12/h4-5,8-10,12H,1-3,6-7H2,(H,17,21). The Balaban J connectivity index is 1.70. The second-order valence-corrected chi connectivity index (χ2v) is 5.34. The molecule has 0 aliphatic heterocycles. The van der Waals surface area contributed by atoms with Crippen molar-refractivity contribution in [3.8, 4) is 5.69 Å². The van der Waals surface area contributed by atoms with Crippen LogP contribution >= 0.6 is 0 Å². The van der Waals surface area contributed by atoms with Gasteiger partial charge in [-0.2, -0.15) is 0 Å². The maximum Gasteiger partial charge on any atom is 0.273 e. The molecule has 5 nitrogen and oxygen atoms in total. The summed E-state index contributed by atoms with van der Waals surface area (Å²) < 4.78 is 14.6. The molecule has 1 fully saturated rings. The van der Waals surface area contributed by atoms with Crippen LogP contribution in [0.15, 0.2) is 30.5 Å². The van der Waals surface area contributed by atoms with E-state index in [2.05, 4.69) is 15.6 Å². The number of amides is 1. The minimum absolute atomic E-state index is 0.218. The average Bonchev–Trinajstić information content (AvgIpc) is 2.98. The monoisotopic (exact) mass is 288 g/mol. The Hall–Kier alpha value is -2.24. The van der Waals surface area contributed by atoms with Crippen LogP contribution in [-0.4, -0.2) is 26.9 Å². The zero-order valence-corrected chi connectivity index (χ0v) is 11.6. The first kappa shape index (κ1) is 13.7. The average molecular weight is 288 g/mol. The van der Waals surface area contributed by atoms with E-state index in [4.69, 9.17) is 0 Å². The molecular weight excluding hydrogens is 271 g/mol. The molecule has 0 bridgehead atoms. The number of rotatable bonds is 3. The topological polar surface area (TPSA) is 59.8 Å². The fourth-order valence-corrected chi connectivity index (χ4v) is 2.62. The minimum Gasteiger partial charge on any atom is -0.348 e. The highest BCUT2D eigenvalue weighted by Crippen LogP contribution is 2.17. The van der Waals surface area contributed by atoms with Crippen molar-refractivity contribution in [1.82, 2.24) is 20.3 Å². The van der Waals surface area contributed by atoms with Gasteiger partial charge in [-0.25, -0.2) is 9.07 Å². The maximum absolute atomic E-state index is 13.2. The molecule has 0 unspecified atom stereocenters. The molecule has 1 aromatic carbocycles. The van der Waals surface area contributed by atoms with Crippen molar-refractivity contribution < 1.29 is 9.18 Å². The van der Waals surface area contributed by atoms with Crippen molar-refractivity contribution in [3.63, 3.8) is 0 Å². The van der Waals surface area contributed by atoms with Gasteiger partial charge in [-0.3, -0.25) is 4.79 Å². The molecule has 6 heteroatoms. The molecule has 21 heavy (non-hydrogen) atoms. The Morgan fingerprint density at radius 1 is 1.29 bits per heavy atom. The first-order valence-corrected chi connectivity index (χ1v) is 7.21. The van der Waals surface area contributed by atoms with E-state index in [9.17, 15) is 9.18 Å². The fourth-order valence-electron chi connectivity index (χ4n) is 2.62. The van der Waals surface area contributed by atoms with E-state index in [1.54, 1.807) is 12.1 Å². The Kier molecular flexibility index (Phi) is 3.94. The maximum atomic E-state index is 13.2. The molecule has 1 aliphatic rings. The van der Waals surface area contributed by atoms with Crippen LogP contribution in [-0.2, 0) is 0 Å². The molecule has 1 saturated carbocycles. The predicted octanol–water partition coefficient (Wildman–Crippen LogP) is 2.47. The predicted molar refractivity (Wildman–Crippen MR) is 75.7 cm³/mol. The first-order chi connectivity index (χ1) is 10.2. The Morgan fingerprint density at radius 2 is 2.10 bits per heavy atom. The van der Waals surface area contributed by atoms with Gasteiger partial charge in [0.2, 0.25) is 0 Å². The lowest BCUT2D eigenvalue weighted by Gasteiger charge is -2.22. The van der Waals surface area contributed by atoms with Crippen LogP contribution in [0.2, 0.25) is 0 Å². The van der Waals surface area contributed by atoms with Crippen LogP contribution in [0.5, 0.6) is 0 Å². The summed E-state index contributed by atoms with van der Waals surface area (Å²) in [5, 5.41) is 10.7. The Labute approximate surface area is 122 Å². The minimum atomic E-state index is -0.351. The summed E-state index contributed by atoms with van der Waals surface area (Å²) in [4.78, 5) is 12.1. The molecule has 1 amide bonds. The van der Waals surface area contributed by atoms with E-state index >= 15 is 0 Å². The molecule has 110 valence electrons. The number of carbonyl (C=O) groups is 1. The number of benzene rings is 1. The second-order valence-electron chi connectivity index (χ2n) is 5.34. The van der Waals surface area contributed by atoms with Gasteiger partial charge in [0.1, 0.15) is 5.82 Å². The lowest BCUT2D eigenvalue weighted by atomic mass is 9.95. The number of hydrogen-bond acceptors (Lipinski definition) is 3. The van der Waals surface area contributed by atoms with Crippen LogP contribution in [0, 0.1) is 5.82 Å². The highest BCUT2D eigenvalue weighted by molar-refractivity contribution is 5.92. The molecular formula is C15H17FN4O. The third-order valence-electron chi connectivity index (χ3n) is 3.74. The largest absolute Gasteiger partial charge is 0.348 e. The fraction of sp³-hybridized carbons (Fsp3) is 0.400. The molecule has 0 atom stereocenters. The molecule has 2 aromatic rings. The lowest BCUT2D eigenvalue weighted by molar-refractivity contribution is 0.0922. The summed E-state index contributed by atoms with van der Waals surface area (Å²) in [6, 6.07) is 6.23. The van der Waals surface area contributed by atoms with Crippen LogP contribution in [0.1, 0.15) is 42.6 Å². The van der Waals surface area contributed by atoms with E-state index < -0.39 is 0 Å². The van der Waals surface area contributed by atoms with Gasteiger partial charge in [-0.05, 0) is 31.0 Å². The van der Waals surface area contributed by atoms with Crippen molar-refractivity contribution in [2.24, 2.45) is 0 Å². The van der Waals surface area contributed by atoms with Crippen LogP contribution in [0.25, 0.3) is 5.69 Å². The van der Waals surface area contributed by atoms with Gasteiger partial charge in [0.15, 0.2) is 5.69 Å². The summed E-state index contributed by atoms with van der Waals surface area (Å²) in [5.41, 5.74) is 0.795. The van der Waals surface area contributed by atoms with Gasteiger partial charge in [-0.1, -0.05) is 30.5 Å². The molecule has 1 aromatic heterocycles. The van der Waals surface area contributed by atoms with Crippen molar-refractivity contribution >= 4 is 5.91 Å². The van der Waals surface area contributed by atoms with Gasteiger partial charge >= 0.3 is 0 Å². The summed E-state index contributed by atoms with van der Waals surface area (Å²) >= 11 is 0. The zero-order chi connectivity index (χ0) is 14.7. The summed E-state index contributed by atoms with van der Waals surface area (Å²) in [5.74, 6) is -0.569. The number of nitrogens with one attached hydrogen (secondary N) is 1. The Bertz CT molecular complexity index is 634. The third kappa shape index (κ3) is 3.26. The van der Waals surface area contributed by atoms with E-state index in [0.717, 1.165) is 25.7 Å². The highest BCUT2D eigenvalue weighted by atomic mass is 19.1. The molecule has 0 saturated heterocycles. The van der Waals surface area contributed by atoms with Crippen LogP contribution in [0.3, 0.4) is 0 Å². The van der Waals surface area contributed by atoms with Crippen LogP contribution in [0.4, 0.5) is 4.39 Å². The number of nitrogens with zero attached hydrogens (tertiary/aromatic N) is 3. The molecule has 3 rings (SSSR count). The Morgan fingerprint density at radius 3 is 2.86 bits per heavy atom. The molecule has 1 heterocycles. The van der Waals surface area contributed by atoms with E-state index in [1.807, 2.05) is 0 Å². The normalized spacial score (nSPS) is 15.9. The molecule has 0 spiro atoms. The van der Waals surface area contributed by atoms with Gasteiger partial charge in [-0.15, -0.1) is 5.10 Å². The zero-order valence-electron chi connectivity index (χ0n) is 11.6. The van der Waals surface area contributed by atoms with E-state index in [0.29, 0.717) is 5.69 Å². The van der Waals surface area contributed by atoms with E-state index in [-0.39, 0.29) is 23.5 Å². The molecule has 1 aliphatic carbocycles. The SMILES string of the molecule is O=C(NC1CCCCC1)c1cn(-c2cccc(F)c2)nn1. The summed E-state index contributed by atoms with van der Waals surface area (Å²) in [6.45, 7) is 0. The first-order valence-electron chi connectivity index (χ1n) is 7.21. The molecule has 1 N–H and O–H groups in total. The lowest BCUT2D eigenvalue weighted by Crippen LogP contribution is -2.36. The van der Waals surface area contributed by atoms with Crippen molar-refractivity contribution in [2.45, 2.75) is 38.1 Å². The smallest absolute Gasteiger partial charge is 0.273 e. The number of hydrogen-bond donors (Lipinski definition) is 1. The summed E-state index contributed by atoms with van der Waals surface area (Å²) in [6.07, 6.45) is 7.10. The van der Waals surface area contributed by atoms with Gasteiger partial charge in [0, 0.05) is 6.04 Å². The van der Waals surface area contributed by atoms with Gasteiger partial charge in [0.25, 0.3) is 5.91 Å². The van der Waals surface area contributed by atoms with E-state index in [1.165, 1.54) is 29.4 Å².